The molecule has 2 aliphatic carbocycles. The molecule has 2 fully saturated rings. The average Bonchev–Trinajstić information content (AvgIpc) is 2.30. The van der Waals surface area contributed by atoms with Gasteiger partial charge in [0.1, 0.15) is 0 Å². The molecule has 1 N–H and O–H groups in total. The molecule has 2 saturated carbocycles. The van der Waals surface area contributed by atoms with E-state index in [2.05, 4.69) is 26.1 Å². The van der Waals surface area contributed by atoms with Gasteiger partial charge in [0.05, 0.1) is 0 Å². The molecule has 0 bridgehead atoms. The van der Waals surface area contributed by atoms with Crippen LogP contribution in [-0.4, -0.2) is 11.6 Å². The van der Waals surface area contributed by atoms with Crippen LogP contribution in [0, 0.1) is 11.8 Å². The Hall–Kier alpha value is -0.0400. The van der Waals surface area contributed by atoms with Gasteiger partial charge in [-0.05, 0) is 51.4 Å². The zero-order valence-electron chi connectivity index (χ0n) is 12.1. The van der Waals surface area contributed by atoms with E-state index in [9.17, 15) is 0 Å². The van der Waals surface area contributed by atoms with Gasteiger partial charge < -0.3 is 5.32 Å². The molecule has 100 valence electrons. The Morgan fingerprint density at radius 2 is 1.41 bits per heavy atom. The molecule has 0 aromatic rings. The van der Waals surface area contributed by atoms with Crippen molar-refractivity contribution >= 4 is 0 Å². The Bertz CT molecular complexity index is 220. The molecule has 0 aliphatic heterocycles. The van der Waals surface area contributed by atoms with Crippen molar-refractivity contribution in [3.8, 4) is 0 Å². The largest absolute Gasteiger partial charge is 0.309 e. The van der Waals surface area contributed by atoms with Crippen molar-refractivity contribution in [3.63, 3.8) is 0 Å². The molecule has 0 atom stereocenters. The second-order valence-corrected chi connectivity index (χ2v) is 7.16. The van der Waals surface area contributed by atoms with Gasteiger partial charge in [0.25, 0.3) is 0 Å². The molecule has 17 heavy (non-hydrogen) atoms. The van der Waals surface area contributed by atoms with Crippen LogP contribution in [0.4, 0.5) is 0 Å². The third-order valence-corrected chi connectivity index (χ3v) is 5.22. The maximum Gasteiger partial charge on any atom is 0.0155 e. The first-order valence-corrected chi connectivity index (χ1v) is 7.85. The lowest BCUT2D eigenvalue weighted by Gasteiger charge is -2.42. The maximum absolute atomic E-state index is 3.98. The first-order chi connectivity index (χ1) is 8.08. The monoisotopic (exact) mass is 237 g/mol. The van der Waals surface area contributed by atoms with E-state index >= 15 is 0 Å². The number of nitrogens with one attached hydrogen (secondary N) is 1. The van der Waals surface area contributed by atoms with Gasteiger partial charge >= 0.3 is 0 Å². The lowest BCUT2D eigenvalue weighted by atomic mass is 9.73. The van der Waals surface area contributed by atoms with Crippen molar-refractivity contribution in [2.45, 2.75) is 90.1 Å². The fourth-order valence-corrected chi connectivity index (χ4v) is 3.87. The average molecular weight is 237 g/mol. The Morgan fingerprint density at radius 3 is 2.00 bits per heavy atom. The molecule has 0 radical (unpaired) electrons. The molecule has 1 heteroatoms. The highest BCUT2D eigenvalue weighted by Gasteiger charge is 2.33. The van der Waals surface area contributed by atoms with E-state index in [0.717, 1.165) is 17.9 Å². The number of rotatable bonds is 3. The van der Waals surface area contributed by atoms with E-state index in [0.29, 0.717) is 5.54 Å². The summed E-state index contributed by atoms with van der Waals surface area (Å²) in [6.07, 6.45) is 12.9. The van der Waals surface area contributed by atoms with Gasteiger partial charge in [0.15, 0.2) is 0 Å². The zero-order valence-corrected chi connectivity index (χ0v) is 12.1. The van der Waals surface area contributed by atoms with Crippen LogP contribution in [0.25, 0.3) is 0 Å². The van der Waals surface area contributed by atoms with Crippen molar-refractivity contribution in [2.24, 2.45) is 11.8 Å². The Morgan fingerprint density at radius 1 is 0.824 bits per heavy atom. The third kappa shape index (κ3) is 3.71. The first kappa shape index (κ1) is 13.4. The van der Waals surface area contributed by atoms with Gasteiger partial charge in [0.2, 0.25) is 0 Å². The minimum absolute atomic E-state index is 0.363. The molecular formula is C16H31N. The molecule has 1 nitrogen and oxygen atoms in total. The van der Waals surface area contributed by atoms with E-state index in [1.54, 1.807) is 0 Å². The van der Waals surface area contributed by atoms with Gasteiger partial charge in [-0.25, -0.2) is 0 Å². The minimum Gasteiger partial charge on any atom is -0.309 e. The molecule has 0 aromatic carbocycles. The van der Waals surface area contributed by atoms with Crippen molar-refractivity contribution in [1.82, 2.24) is 5.32 Å². The van der Waals surface area contributed by atoms with Crippen LogP contribution in [0.2, 0.25) is 0 Å². The molecular weight excluding hydrogens is 206 g/mol. The summed E-state index contributed by atoms with van der Waals surface area (Å²) < 4.78 is 0. The number of hydrogen-bond donors (Lipinski definition) is 1. The maximum atomic E-state index is 3.98. The van der Waals surface area contributed by atoms with E-state index < -0.39 is 0 Å². The normalized spacial score (nSPS) is 32.6. The molecule has 0 saturated heterocycles. The van der Waals surface area contributed by atoms with E-state index in [4.69, 9.17) is 0 Å². The molecule has 0 spiro atoms. The summed E-state index contributed by atoms with van der Waals surface area (Å²) in [6, 6.07) is 0.804. The fraction of sp³-hybridized carbons (Fsp3) is 1.00. The highest BCUT2D eigenvalue weighted by molar-refractivity contribution is 4.91. The highest BCUT2D eigenvalue weighted by atomic mass is 15.0. The lowest BCUT2D eigenvalue weighted by molar-refractivity contribution is 0.147. The van der Waals surface area contributed by atoms with Gasteiger partial charge in [-0.3, -0.25) is 0 Å². The summed E-state index contributed by atoms with van der Waals surface area (Å²) in [5.41, 5.74) is 0.363. The summed E-state index contributed by atoms with van der Waals surface area (Å²) in [5, 5.41) is 3.98. The van der Waals surface area contributed by atoms with Gasteiger partial charge in [-0.1, -0.05) is 39.0 Å². The smallest absolute Gasteiger partial charge is 0.0155 e. The first-order valence-electron chi connectivity index (χ1n) is 7.85. The quantitative estimate of drug-likeness (QED) is 0.761. The predicted octanol–water partition coefficient (Wildman–Crippen LogP) is 4.51. The zero-order chi connectivity index (χ0) is 12.3. The topological polar surface area (TPSA) is 12.0 Å². The molecule has 0 aromatic heterocycles. The van der Waals surface area contributed by atoms with Crippen LogP contribution in [-0.2, 0) is 0 Å². The Labute approximate surface area is 108 Å². The SMILES string of the molecule is CC1CCC(C(C)(C)NC2CCCCC2)CC1. The van der Waals surface area contributed by atoms with Crippen molar-refractivity contribution in [3.05, 3.63) is 0 Å². The van der Waals surface area contributed by atoms with Crippen molar-refractivity contribution in [1.29, 1.82) is 0 Å². The lowest BCUT2D eigenvalue weighted by Crippen LogP contribution is -2.52. The molecule has 0 unspecified atom stereocenters. The van der Waals surface area contributed by atoms with Gasteiger partial charge in [-0.15, -0.1) is 0 Å². The Balaban J connectivity index is 1.84. The van der Waals surface area contributed by atoms with Gasteiger partial charge in [-0.2, -0.15) is 0 Å². The molecule has 2 aliphatic rings. The predicted molar refractivity (Wildman–Crippen MR) is 75.2 cm³/mol. The van der Waals surface area contributed by atoms with Crippen LogP contribution in [0.1, 0.15) is 78.6 Å². The Kier molecular flexibility index (Phi) is 4.52. The third-order valence-electron chi connectivity index (χ3n) is 5.22. The standard InChI is InChI=1S/C16H31N/c1-13-9-11-14(12-10-13)16(2,3)17-15-7-5-4-6-8-15/h13-15,17H,4-12H2,1-3H3. The second kappa shape index (κ2) is 5.73. The molecule has 0 amide bonds. The molecule has 0 heterocycles. The van der Waals surface area contributed by atoms with E-state index in [1.807, 2.05) is 0 Å². The fourth-order valence-electron chi connectivity index (χ4n) is 3.87. The van der Waals surface area contributed by atoms with Crippen LogP contribution < -0.4 is 5.32 Å². The number of hydrogen-bond acceptors (Lipinski definition) is 1. The van der Waals surface area contributed by atoms with Crippen LogP contribution in [0.3, 0.4) is 0 Å². The highest BCUT2D eigenvalue weighted by Crippen LogP contribution is 2.36. The van der Waals surface area contributed by atoms with Crippen LogP contribution in [0.5, 0.6) is 0 Å². The van der Waals surface area contributed by atoms with Gasteiger partial charge in [0, 0.05) is 11.6 Å². The summed E-state index contributed by atoms with van der Waals surface area (Å²) in [4.78, 5) is 0. The van der Waals surface area contributed by atoms with E-state index in [1.165, 1.54) is 57.8 Å². The van der Waals surface area contributed by atoms with E-state index in [-0.39, 0.29) is 0 Å². The summed E-state index contributed by atoms with van der Waals surface area (Å²) >= 11 is 0. The summed E-state index contributed by atoms with van der Waals surface area (Å²) in [6.45, 7) is 7.31. The van der Waals surface area contributed by atoms with Crippen LogP contribution >= 0.6 is 0 Å². The molecule has 2 rings (SSSR count). The second-order valence-electron chi connectivity index (χ2n) is 7.16. The summed E-state index contributed by atoms with van der Waals surface area (Å²) in [5.74, 6) is 1.87. The summed E-state index contributed by atoms with van der Waals surface area (Å²) in [7, 11) is 0. The van der Waals surface area contributed by atoms with Crippen molar-refractivity contribution < 1.29 is 0 Å². The van der Waals surface area contributed by atoms with Crippen molar-refractivity contribution in [2.75, 3.05) is 0 Å². The van der Waals surface area contributed by atoms with Crippen LogP contribution in [0.15, 0.2) is 0 Å². The minimum atomic E-state index is 0.363.